The van der Waals surface area contributed by atoms with Crippen LogP contribution in [0.4, 0.5) is 0 Å². The first-order valence-electron chi connectivity index (χ1n) is 22.7. The van der Waals surface area contributed by atoms with Crippen LogP contribution in [0.2, 0.25) is 0 Å². The van der Waals surface area contributed by atoms with E-state index >= 15 is 0 Å². The molecule has 1 fully saturated rings. The fraction of sp³-hybridized carbons (Fsp3) is 0.848. The Bertz CT molecular complexity index is 956. The molecule has 0 aromatic carbocycles. The number of aliphatic hydroxyl groups is 5. The van der Waals surface area contributed by atoms with Gasteiger partial charge in [0.05, 0.1) is 25.4 Å². The van der Waals surface area contributed by atoms with Crippen molar-refractivity contribution in [2.75, 3.05) is 13.2 Å². The van der Waals surface area contributed by atoms with Crippen molar-refractivity contribution in [1.82, 2.24) is 5.32 Å². The first kappa shape index (κ1) is 51.4. The van der Waals surface area contributed by atoms with Gasteiger partial charge < -0.3 is 40.3 Å². The van der Waals surface area contributed by atoms with Crippen molar-refractivity contribution >= 4 is 5.91 Å². The Balaban J connectivity index is 2.03. The first-order chi connectivity index (χ1) is 26.8. The lowest BCUT2D eigenvalue weighted by Gasteiger charge is -2.40. The number of aliphatic hydroxyl groups excluding tert-OH is 5. The molecule has 322 valence electrons. The molecule has 1 aliphatic rings. The molecule has 0 bridgehead atoms. The molecule has 1 heterocycles. The average molecular weight is 780 g/mol. The standard InChI is InChI=1S/C46H85NO8/c1-3-5-7-8-9-10-11-12-13-14-15-16-17-18-19-20-21-22-23-24-25-26-27-28-29-30-31-32-34-36-42(50)47-39(40(49)35-33-6-4-2)38-54-46-45(53)44(52)43(51)41(37-48)55-46/h11-12,14-15,17-18,39-41,43-46,48-49,51-53H,3-10,13,16,19-38H2,1-2H3,(H,47,50)/b12-11-,15-14-,18-17-. The Labute approximate surface area is 336 Å². The van der Waals surface area contributed by atoms with Crippen molar-refractivity contribution in [2.45, 2.75) is 236 Å². The molecule has 0 spiro atoms. The summed E-state index contributed by atoms with van der Waals surface area (Å²) < 4.78 is 11.1. The molecule has 1 saturated heterocycles. The maximum Gasteiger partial charge on any atom is 0.220 e. The molecule has 55 heavy (non-hydrogen) atoms. The Morgan fingerprint density at radius 3 is 1.58 bits per heavy atom. The van der Waals surface area contributed by atoms with E-state index in [4.69, 9.17) is 9.47 Å². The number of allylic oxidation sites excluding steroid dienone is 6. The van der Waals surface area contributed by atoms with Crippen LogP contribution in [0, 0.1) is 0 Å². The number of hydrogen-bond donors (Lipinski definition) is 6. The van der Waals surface area contributed by atoms with Crippen molar-refractivity contribution < 1.29 is 39.8 Å². The smallest absolute Gasteiger partial charge is 0.220 e. The number of carbonyl (C=O) groups is 1. The Morgan fingerprint density at radius 1 is 0.618 bits per heavy atom. The number of ether oxygens (including phenoxy) is 2. The second-order valence-corrected chi connectivity index (χ2v) is 15.8. The third-order valence-electron chi connectivity index (χ3n) is 10.7. The number of nitrogens with one attached hydrogen (secondary N) is 1. The molecule has 1 aliphatic heterocycles. The quantitative estimate of drug-likeness (QED) is 0.0270. The Morgan fingerprint density at radius 2 is 1.07 bits per heavy atom. The minimum Gasteiger partial charge on any atom is -0.394 e. The third-order valence-corrected chi connectivity index (χ3v) is 10.7. The molecular weight excluding hydrogens is 695 g/mol. The van der Waals surface area contributed by atoms with Crippen LogP contribution in [0.15, 0.2) is 36.5 Å². The van der Waals surface area contributed by atoms with Crippen molar-refractivity contribution in [2.24, 2.45) is 0 Å². The van der Waals surface area contributed by atoms with Gasteiger partial charge in [0.1, 0.15) is 24.4 Å². The molecule has 0 radical (unpaired) electrons. The molecule has 6 N–H and O–H groups in total. The summed E-state index contributed by atoms with van der Waals surface area (Å²) in [6.07, 6.45) is 38.3. The normalized spacial score (nSPS) is 21.6. The molecule has 1 amide bonds. The highest BCUT2D eigenvalue weighted by Gasteiger charge is 2.44. The van der Waals surface area contributed by atoms with Gasteiger partial charge in [-0.15, -0.1) is 0 Å². The third kappa shape index (κ3) is 27.6. The topological polar surface area (TPSA) is 149 Å². The predicted octanol–water partition coefficient (Wildman–Crippen LogP) is 9.28. The van der Waals surface area contributed by atoms with Crippen molar-refractivity contribution in [1.29, 1.82) is 0 Å². The van der Waals surface area contributed by atoms with Gasteiger partial charge in [-0.3, -0.25) is 4.79 Å². The number of carbonyl (C=O) groups excluding carboxylic acids is 1. The summed E-state index contributed by atoms with van der Waals surface area (Å²) in [6.45, 7) is 3.65. The summed E-state index contributed by atoms with van der Waals surface area (Å²) in [5.74, 6) is -0.158. The summed E-state index contributed by atoms with van der Waals surface area (Å²) in [4.78, 5) is 12.8. The zero-order valence-electron chi connectivity index (χ0n) is 35.2. The molecule has 9 nitrogen and oxygen atoms in total. The summed E-state index contributed by atoms with van der Waals surface area (Å²) in [6, 6.07) is -0.714. The number of hydrogen-bond acceptors (Lipinski definition) is 8. The summed E-state index contributed by atoms with van der Waals surface area (Å²) in [5, 5.41) is 53.5. The molecule has 9 heteroatoms. The second kappa shape index (κ2) is 36.7. The molecule has 7 atom stereocenters. The van der Waals surface area contributed by atoms with E-state index in [0.717, 1.165) is 51.4 Å². The first-order valence-corrected chi connectivity index (χ1v) is 22.7. The van der Waals surface area contributed by atoms with E-state index in [1.54, 1.807) is 0 Å². The van der Waals surface area contributed by atoms with Gasteiger partial charge in [0.2, 0.25) is 5.91 Å². The zero-order chi connectivity index (χ0) is 40.2. The number of rotatable bonds is 37. The van der Waals surface area contributed by atoms with Gasteiger partial charge >= 0.3 is 0 Å². The van der Waals surface area contributed by atoms with Crippen LogP contribution in [0.25, 0.3) is 0 Å². The summed E-state index contributed by atoms with van der Waals surface area (Å²) >= 11 is 0. The van der Waals surface area contributed by atoms with Gasteiger partial charge in [-0.2, -0.15) is 0 Å². The Hall–Kier alpha value is -1.59. The average Bonchev–Trinajstić information content (AvgIpc) is 3.18. The van der Waals surface area contributed by atoms with Crippen LogP contribution in [0.1, 0.15) is 194 Å². The van der Waals surface area contributed by atoms with Crippen LogP contribution in [0.3, 0.4) is 0 Å². The van der Waals surface area contributed by atoms with Crippen LogP contribution in [-0.4, -0.2) is 87.5 Å². The summed E-state index contributed by atoms with van der Waals surface area (Å²) in [7, 11) is 0. The lowest BCUT2D eigenvalue weighted by molar-refractivity contribution is -0.302. The van der Waals surface area contributed by atoms with Crippen molar-refractivity contribution in [3.05, 3.63) is 36.5 Å². The minimum absolute atomic E-state index is 0.143. The van der Waals surface area contributed by atoms with Gasteiger partial charge in [0.15, 0.2) is 6.29 Å². The van der Waals surface area contributed by atoms with Crippen molar-refractivity contribution in [3.63, 3.8) is 0 Å². The van der Waals surface area contributed by atoms with E-state index in [2.05, 4.69) is 55.6 Å². The highest BCUT2D eigenvalue weighted by molar-refractivity contribution is 5.76. The predicted molar refractivity (Wildman–Crippen MR) is 226 cm³/mol. The minimum atomic E-state index is -1.55. The van der Waals surface area contributed by atoms with Crippen LogP contribution < -0.4 is 5.32 Å². The van der Waals surface area contributed by atoms with Gasteiger partial charge in [0.25, 0.3) is 0 Å². The molecule has 0 saturated carbocycles. The zero-order valence-corrected chi connectivity index (χ0v) is 35.2. The van der Waals surface area contributed by atoms with Gasteiger partial charge in [-0.05, 0) is 51.4 Å². The second-order valence-electron chi connectivity index (χ2n) is 15.8. The Kier molecular flexibility index (Phi) is 34.3. The molecule has 0 aromatic heterocycles. The number of amides is 1. The molecule has 0 aliphatic carbocycles. The number of unbranched alkanes of at least 4 members (excludes halogenated alkanes) is 21. The van der Waals surface area contributed by atoms with Crippen LogP contribution >= 0.6 is 0 Å². The summed E-state index contributed by atoms with van der Waals surface area (Å²) in [5.41, 5.74) is 0. The van der Waals surface area contributed by atoms with Crippen molar-refractivity contribution in [3.8, 4) is 0 Å². The lowest BCUT2D eigenvalue weighted by Crippen LogP contribution is -2.60. The SMILES string of the molecule is CCCCCCC/C=C\C/C=C\C/C=C\CCCCCCCCCCCCCCCCC(=O)NC(COC1OC(CO)C(O)C(O)C1O)C(O)CCCCC. The van der Waals surface area contributed by atoms with Gasteiger partial charge in [-0.25, -0.2) is 0 Å². The largest absolute Gasteiger partial charge is 0.394 e. The maximum absolute atomic E-state index is 12.8. The van der Waals surface area contributed by atoms with Crippen LogP contribution in [0.5, 0.6) is 0 Å². The van der Waals surface area contributed by atoms with E-state index in [1.807, 2.05) is 0 Å². The maximum atomic E-state index is 12.8. The van der Waals surface area contributed by atoms with E-state index in [-0.39, 0.29) is 12.5 Å². The van der Waals surface area contributed by atoms with Gasteiger partial charge in [-0.1, -0.05) is 172 Å². The van der Waals surface area contributed by atoms with E-state index in [0.29, 0.717) is 12.8 Å². The van der Waals surface area contributed by atoms with E-state index < -0.39 is 49.5 Å². The monoisotopic (exact) mass is 780 g/mol. The molecular formula is C46H85NO8. The molecule has 0 aromatic rings. The lowest BCUT2D eigenvalue weighted by atomic mass is 9.99. The highest BCUT2D eigenvalue weighted by atomic mass is 16.7. The van der Waals surface area contributed by atoms with Gasteiger partial charge in [0, 0.05) is 6.42 Å². The van der Waals surface area contributed by atoms with E-state index in [9.17, 15) is 30.3 Å². The van der Waals surface area contributed by atoms with Crippen LogP contribution in [-0.2, 0) is 14.3 Å². The fourth-order valence-electron chi connectivity index (χ4n) is 7.05. The highest BCUT2D eigenvalue weighted by Crippen LogP contribution is 2.23. The molecule has 7 unspecified atom stereocenters. The van der Waals surface area contributed by atoms with E-state index in [1.165, 1.54) is 116 Å². The molecule has 1 rings (SSSR count). The fourth-order valence-corrected chi connectivity index (χ4v) is 7.05.